The molecule has 1 amide bonds. The maximum Gasteiger partial charge on any atom is 0.269 e. The normalized spacial score (nSPS) is 14.1. The molecule has 0 spiro atoms. The number of benzene rings is 1. The van der Waals surface area contributed by atoms with Crippen molar-refractivity contribution in [2.75, 3.05) is 0 Å². The Balaban J connectivity index is 1.47. The zero-order valence-corrected chi connectivity index (χ0v) is 14.1. The zero-order chi connectivity index (χ0) is 17.2. The lowest BCUT2D eigenvalue weighted by molar-refractivity contribution is 0.0935. The SMILES string of the molecule is CC(NC(=O)c1cc(-c2ccccn2)n[nH]1)c1ccc2c(c1)CCC2. The highest BCUT2D eigenvalue weighted by molar-refractivity contribution is 5.93. The summed E-state index contributed by atoms with van der Waals surface area (Å²) in [5.74, 6) is -0.164. The van der Waals surface area contributed by atoms with E-state index in [1.54, 1.807) is 12.3 Å². The monoisotopic (exact) mass is 332 g/mol. The number of hydrogen-bond donors (Lipinski definition) is 2. The molecule has 0 saturated heterocycles. The quantitative estimate of drug-likeness (QED) is 0.769. The minimum absolute atomic E-state index is 0.0556. The van der Waals surface area contributed by atoms with Gasteiger partial charge in [0.1, 0.15) is 11.4 Å². The Labute approximate surface area is 146 Å². The highest BCUT2D eigenvalue weighted by atomic mass is 16.2. The fourth-order valence-electron chi connectivity index (χ4n) is 3.30. The van der Waals surface area contributed by atoms with Crippen LogP contribution >= 0.6 is 0 Å². The summed E-state index contributed by atoms with van der Waals surface area (Å²) in [6.07, 6.45) is 5.24. The number of hydrogen-bond acceptors (Lipinski definition) is 3. The number of nitrogens with one attached hydrogen (secondary N) is 2. The van der Waals surface area contributed by atoms with Gasteiger partial charge in [0, 0.05) is 6.20 Å². The van der Waals surface area contributed by atoms with Gasteiger partial charge >= 0.3 is 0 Å². The van der Waals surface area contributed by atoms with Gasteiger partial charge in [-0.15, -0.1) is 0 Å². The van der Waals surface area contributed by atoms with E-state index >= 15 is 0 Å². The van der Waals surface area contributed by atoms with Gasteiger partial charge in [0.25, 0.3) is 5.91 Å². The van der Waals surface area contributed by atoms with Crippen LogP contribution in [-0.2, 0) is 12.8 Å². The summed E-state index contributed by atoms with van der Waals surface area (Å²) in [5, 5.41) is 10.0. The number of amides is 1. The predicted molar refractivity (Wildman–Crippen MR) is 96.2 cm³/mol. The van der Waals surface area contributed by atoms with Crippen LogP contribution in [0.3, 0.4) is 0 Å². The Morgan fingerprint density at radius 1 is 1.12 bits per heavy atom. The first-order valence-electron chi connectivity index (χ1n) is 8.60. The Morgan fingerprint density at radius 3 is 2.84 bits per heavy atom. The summed E-state index contributed by atoms with van der Waals surface area (Å²) in [7, 11) is 0. The average molecular weight is 332 g/mol. The molecule has 5 heteroatoms. The van der Waals surface area contributed by atoms with Crippen LogP contribution in [0.4, 0.5) is 0 Å². The van der Waals surface area contributed by atoms with Gasteiger partial charge in [-0.1, -0.05) is 24.3 Å². The molecule has 1 aliphatic carbocycles. The van der Waals surface area contributed by atoms with Crippen LogP contribution in [0.2, 0.25) is 0 Å². The van der Waals surface area contributed by atoms with E-state index in [1.165, 1.54) is 24.0 Å². The van der Waals surface area contributed by atoms with Gasteiger partial charge in [-0.2, -0.15) is 5.10 Å². The van der Waals surface area contributed by atoms with Crippen molar-refractivity contribution in [2.45, 2.75) is 32.2 Å². The van der Waals surface area contributed by atoms with Crippen molar-refractivity contribution in [3.05, 3.63) is 71.0 Å². The van der Waals surface area contributed by atoms with Gasteiger partial charge in [-0.3, -0.25) is 14.9 Å². The Hall–Kier alpha value is -2.95. The molecular formula is C20H20N4O. The van der Waals surface area contributed by atoms with Gasteiger partial charge in [-0.05, 0) is 61.1 Å². The smallest absolute Gasteiger partial charge is 0.269 e. The van der Waals surface area contributed by atoms with E-state index in [-0.39, 0.29) is 11.9 Å². The molecule has 2 N–H and O–H groups in total. The van der Waals surface area contributed by atoms with E-state index in [1.807, 2.05) is 25.1 Å². The van der Waals surface area contributed by atoms with Crippen LogP contribution < -0.4 is 5.32 Å². The largest absolute Gasteiger partial charge is 0.344 e. The first kappa shape index (κ1) is 15.6. The first-order valence-corrected chi connectivity index (χ1v) is 8.60. The van der Waals surface area contributed by atoms with Crippen LogP contribution in [0.25, 0.3) is 11.4 Å². The van der Waals surface area contributed by atoms with E-state index in [9.17, 15) is 4.79 Å². The number of aryl methyl sites for hydroxylation is 2. The van der Waals surface area contributed by atoms with Crippen LogP contribution in [0, 0.1) is 0 Å². The highest BCUT2D eigenvalue weighted by Crippen LogP contribution is 2.25. The Bertz CT molecular complexity index is 901. The van der Waals surface area contributed by atoms with Crippen molar-refractivity contribution in [1.82, 2.24) is 20.5 Å². The van der Waals surface area contributed by atoms with Crippen molar-refractivity contribution in [3.63, 3.8) is 0 Å². The lowest BCUT2D eigenvalue weighted by Crippen LogP contribution is -2.27. The highest BCUT2D eigenvalue weighted by Gasteiger charge is 2.17. The number of carbonyl (C=O) groups is 1. The number of rotatable bonds is 4. The molecule has 1 aliphatic rings. The summed E-state index contributed by atoms with van der Waals surface area (Å²) in [6.45, 7) is 2.00. The van der Waals surface area contributed by atoms with Gasteiger partial charge in [0.2, 0.25) is 0 Å². The molecule has 3 aromatic rings. The molecule has 0 radical (unpaired) electrons. The number of carbonyl (C=O) groups excluding carboxylic acids is 1. The second kappa shape index (κ2) is 6.51. The number of aromatic amines is 1. The van der Waals surface area contributed by atoms with E-state index < -0.39 is 0 Å². The lowest BCUT2D eigenvalue weighted by Gasteiger charge is -2.15. The van der Waals surface area contributed by atoms with Crippen LogP contribution in [0.1, 0.15) is 46.6 Å². The van der Waals surface area contributed by atoms with E-state index in [2.05, 4.69) is 38.7 Å². The topological polar surface area (TPSA) is 70.7 Å². The second-order valence-corrected chi connectivity index (χ2v) is 6.46. The molecule has 2 aromatic heterocycles. The van der Waals surface area contributed by atoms with Crippen molar-refractivity contribution in [3.8, 4) is 11.4 Å². The number of H-pyrrole nitrogens is 1. The summed E-state index contributed by atoms with van der Waals surface area (Å²) >= 11 is 0. The third kappa shape index (κ3) is 3.18. The van der Waals surface area contributed by atoms with Crippen molar-refractivity contribution < 1.29 is 4.79 Å². The molecule has 25 heavy (non-hydrogen) atoms. The van der Waals surface area contributed by atoms with Gasteiger partial charge in [0.05, 0.1) is 11.7 Å². The summed E-state index contributed by atoms with van der Waals surface area (Å²) < 4.78 is 0. The fraction of sp³-hybridized carbons (Fsp3) is 0.250. The maximum absolute atomic E-state index is 12.5. The van der Waals surface area contributed by atoms with E-state index in [0.29, 0.717) is 11.4 Å². The number of fused-ring (bicyclic) bond motifs is 1. The number of aromatic nitrogens is 3. The fourth-order valence-corrected chi connectivity index (χ4v) is 3.30. The molecule has 126 valence electrons. The molecule has 0 saturated carbocycles. The molecule has 0 aliphatic heterocycles. The van der Waals surface area contributed by atoms with E-state index in [0.717, 1.165) is 17.7 Å². The molecule has 5 nitrogen and oxygen atoms in total. The first-order chi connectivity index (χ1) is 12.2. The molecule has 1 aromatic carbocycles. The van der Waals surface area contributed by atoms with E-state index in [4.69, 9.17) is 0 Å². The number of pyridine rings is 1. The summed E-state index contributed by atoms with van der Waals surface area (Å²) in [4.78, 5) is 16.8. The zero-order valence-electron chi connectivity index (χ0n) is 14.1. The van der Waals surface area contributed by atoms with Crippen molar-refractivity contribution in [2.24, 2.45) is 0 Å². The molecule has 0 bridgehead atoms. The average Bonchev–Trinajstić information content (AvgIpc) is 3.31. The second-order valence-electron chi connectivity index (χ2n) is 6.46. The van der Waals surface area contributed by atoms with Crippen LogP contribution in [0.15, 0.2) is 48.7 Å². The van der Waals surface area contributed by atoms with Crippen LogP contribution in [-0.4, -0.2) is 21.1 Å². The van der Waals surface area contributed by atoms with Crippen molar-refractivity contribution in [1.29, 1.82) is 0 Å². The number of nitrogens with zero attached hydrogens (tertiary/aromatic N) is 2. The Morgan fingerprint density at radius 2 is 2.00 bits per heavy atom. The summed E-state index contributed by atoms with van der Waals surface area (Å²) in [6, 6.07) is 13.8. The minimum atomic E-state index is -0.164. The molecule has 0 fully saturated rings. The van der Waals surface area contributed by atoms with Gasteiger partial charge < -0.3 is 5.32 Å². The van der Waals surface area contributed by atoms with Gasteiger partial charge in [0.15, 0.2) is 0 Å². The minimum Gasteiger partial charge on any atom is -0.344 e. The molecule has 2 heterocycles. The van der Waals surface area contributed by atoms with Gasteiger partial charge in [-0.25, -0.2) is 0 Å². The molecule has 1 atom stereocenters. The molecule has 4 rings (SSSR count). The molecule has 1 unspecified atom stereocenters. The maximum atomic E-state index is 12.5. The Kier molecular flexibility index (Phi) is 4.06. The van der Waals surface area contributed by atoms with Crippen LogP contribution in [0.5, 0.6) is 0 Å². The third-order valence-electron chi connectivity index (χ3n) is 4.72. The lowest BCUT2D eigenvalue weighted by atomic mass is 10.0. The van der Waals surface area contributed by atoms with Crippen molar-refractivity contribution >= 4 is 5.91 Å². The standard InChI is InChI=1S/C20H20N4O/c1-13(15-9-8-14-5-4-6-16(14)11-15)22-20(25)19-12-18(23-24-19)17-7-2-3-10-21-17/h2-3,7-13H,4-6H2,1H3,(H,22,25)(H,23,24). The summed E-state index contributed by atoms with van der Waals surface area (Å²) in [5.41, 5.74) is 5.83. The molecular weight excluding hydrogens is 312 g/mol. The third-order valence-corrected chi connectivity index (χ3v) is 4.72. The predicted octanol–water partition coefficient (Wildman–Crippen LogP) is 3.45.